The zero-order valence-electron chi connectivity index (χ0n) is 9.50. The van der Waals surface area contributed by atoms with Crippen LogP contribution < -0.4 is 10.5 Å². The summed E-state index contributed by atoms with van der Waals surface area (Å²) in [6, 6.07) is 13.1. The molecule has 0 radical (unpaired) electrons. The van der Waals surface area contributed by atoms with Crippen LogP contribution in [-0.4, -0.2) is 17.3 Å². The predicted molar refractivity (Wildman–Crippen MR) is 67.2 cm³/mol. The van der Waals surface area contributed by atoms with E-state index in [1.807, 2.05) is 12.1 Å². The van der Waals surface area contributed by atoms with Gasteiger partial charge in [-0.05, 0) is 36.4 Å². The Hall–Kier alpha value is -2.36. The van der Waals surface area contributed by atoms with E-state index in [2.05, 4.69) is 0 Å². The first-order chi connectivity index (χ1) is 8.11. The maximum absolute atomic E-state index is 8.65. The van der Waals surface area contributed by atoms with Crippen molar-refractivity contribution in [1.82, 2.24) is 0 Å². The Balaban J connectivity index is 0.000000171. The second-order valence-electron chi connectivity index (χ2n) is 3.29. The van der Waals surface area contributed by atoms with Crippen molar-refractivity contribution in [3.05, 3.63) is 48.5 Å². The van der Waals surface area contributed by atoms with E-state index >= 15 is 0 Å². The molecule has 0 atom stereocenters. The quantitative estimate of drug-likeness (QED) is 0.661. The first-order valence-corrected chi connectivity index (χ1v) is 4.99. The first-order valence-electron chi connectivity index (χ1n) is 4.99. The SMILES string of the molecule is COc1ccc(N)cc1.Oc1cccc(O)c1. The van der Waals surface area contributed by atoms with Gasteiger partial charge in [0, 0.05) is 11.8 Å². The summed E-state index contributed by atoms with van der Waals surface area (Å²) in [4.78, 5) is 0. The largest absolute Gasteiger partial charge is 0.508 e. The van der Waals surface area contributed by atoms with Gasteiger partial charge in [0.1, 0.15) is 17.2 Å². The number of anilines is 1. The highest BCUT2D eigenvalue weighted by Gasteiger charge is 1.86. The maximum Gasteiger partial charge on any atom is 0.119 e. The first kappa shape index (κ1) is 12.7. The van der Waals surface area contributed by atoms with Crippen molar-refractivity contribution < 1.29 is 14.9 Å². The summed E-state index contributed by atoms with van der Waals surface area (Å²) < 4.78 is 4.91. The molecule has 0 aliphatic heterocycles. The van der Waals surface area contributed by atoms with Crippen LogP contribution in [0, 0.1) is 0 Å². The molecule has 0 saturated heterocycles. The number of hydrogen-bond donors (Lipinski definition) is 3. The van der Waals surface area contributed by atoms with Crippen LogP contribution in [0.15, 0.2) is 48.5 Å². The van der Waals surface area contributed by atoms with Crippen LogP contribution in [0.1, 0.15) is 0 Å². The Morgan fingerprint density at radius 2 is 1.47 bits per heavy atom. The molecule has 4 heteroatoms. The summed E-state index contributed by atoms with van der Waals surface area (Å²) >= 11 is 0. The Labute approximate surface area is 99.9 Å². The van der Waals surface area contributed by atoms with Gasteiger partial charge < -0.3 is 20.7 Å². The van der Waals surface area contributed by atoms with Crippen LogP contribution in [0.5, 0.6) is 17.2 Å². The summed E-state index contributed by atoms with van der Waals surface area (Å²) in [6.07, 6.45) is 0. The van der Waals surface area contributed by atoms with Crippen molar-refractivity contribution in [2.24, 2.45) is 0 Å². The van der Waals surface area contributed by atoms with Crippen LogP contribution in [0.4, 0.5) is 5.69 Å². The van der Waals surface area contributed by atoms with Gasteiger partial charge in [-0.2, -0.15) is 0 Å². The van der Waals surface area contributed by atoms with Crippen LogP contribution >= 0.6 is 0 Å². The normalized spacial score (nSPS) is 9.00. The van der Waals surface area contributed by atoms with Crippen molar-refractivity contribution >= 4 is 5.69 Å². The molecule has 4 N–H and O–H groups in total. The third-order valence-corrected chi connectivity index (χ3v) is 1.95. The van der Waals surface area contributed by atoms with E-state index in [9.17, 15) is 0 Å². The number of hydrogen-bond acceptors (Lipinski definition) is 4. The molecule has 2 rings (SSSR count). The molecular weight excluding hydrogens is 218 g/mol. The number of benzene rings is 2. The standard InChI is InChI=1S/C7H9NO.C6H6O2/c1-9-7-4-2-6(8)3-5-7;7-5-2-1-3-6(8)4-5/h2-5H,8H2,1H3;1-4,7-8H. The fourth-order valence-corrected chi connectivity index (χ4v) is 1.10. The molecule has 0 aromatic heterocycles. The van der Waals surface area contributed by atoms with Gasteiger partial charge in [0.15, 0.2) is 0 Å². The smallest absolute Gasteiger partial charge is 0.119 e. The Kier molecular flexibility index (Phi) is 4.69. The zero-order chi connectivity index (χ0) is 12.7. The molecule has 0 fully saturated rings. The molecule has 0 saturated carbocycles. The summed E-state index contributed by atoms with van der Waals surface area (Å²) in [7, 11) is 1.63. The van der Waals surface area contributed by atoms with Gasteiger partial charge in [0.05, 0.1) is 7.11 Å². The van der Waals surface area contributed by atoms with Crippen molar-refractivity contribution in [3.63, 3.8) is 0 Å². The molecule has 0 heterocycles. The molecule has 0 aliphatic carbocycles. The third-order valence-electron chi connectivity index (χ3n) is 1.95. The molecule has 0 spiro atoms. The molecule has 4 nitrogen and oxygen atoms in total. The van der Waals surface area contributed by atoms with E-state index in [0.29, 0.717) is 0 Å². The number of ether oxygens (including phenoxy) is 1. The molecule has 0 unspecified atom stereocenters. The minimum Gasteiger partial charge on any atom is -0.508 e. The minimum atomic E-state index is 0.0880. The monoisotopic (exact) mass is 233 g/mol. The number of phenols is 2. The van der Waals surface area contributed by atoms with Gasteiger partial charge in [-0.3, -0.25) is 0 Å². The number of rotatable bonds is 1. The van der Waals surface area contributed by atoms with E-state index in [1.54, 1.807) is 25.3 Å². The number of nitrogens with two attached hydrogens (primary N) is 1. The molecule has 0 amide bonds. The van der Waals surface area contributed by atoms with Gasteiger partial charge in [-0.25, -0.2) is 0 Å². The highest BCUT2D eigenvalue weighted by atomic mass is 16.5. The minimum absolute atomic E-state index is 0.0880. The Morgan fingerprint density at radius 3 is 1.82 bits per heavy atom. The highest BCUT2D eigenvalue weighted by Crippen LogP contribution is 2.14. The van der Waals surface area contributed by atoms with Crippen LogP contribution in [0.3, 0.4) is 0 Å². The maximum atomic E-state index is 8.65. The fraction of sp³-hybridized carbons (Fsp3) is 0.0769. The van der Waals surface area contributed by atoms with Gasteiger partial charge in [-0.1, -0.05) is 6.07 Å². The summed E-state index contributed by atoms with van der Waals surface area (Å²) in [5.74, 6) is 1.01. The number of phenolic OH excluding ortho intramolecular Hbond substituents is 2. The van der Waals surface area contributed by atoms with E-state index in [-0.39, 0.29) is 11.5 Å². The number of aromatic hydroxyl groups is 2. The fourth-order valence-electron chi connectivity index (χ4n) is 1.10. The molecule has 0 aliphatic rings. The van der Waals surface area contributed by atoms with E-state index in [0.717, 1.165) is 11.4 Å². The topological polar surface area (TPSA) is 75.7 Å². The van der Waals surface area contributed by atoms with Gasteiger partial charge in [-0.15, -0.1) is 0 Å². The zero-order valence-corrected chi connectivity index (χ0v) is 9.50. The van der Waals surface area contributed by atoms with Gasteiger partial charge >= 0.3 is 0 Å². The second kappa shape index (κ2) is 6.27. The van der Waals surface area contributed by atoms with Crippen molar-refractivity contribution in [1.29, 1.82) is 0 Å². The third kappa shape index (κ3) is 4.79. The molecular formula is C13H15NO3. The summed E-state index contributed by atoms with van der Waals surface area (Å²) in [5, 5.41) is 17.3. The van der Waals surface area contributed by atoms with Crippen molar-refractivity contribution in [2.45, 2.75) is 0 Å². The summed E-state index contributed by atoms with van der Waals surface area (Å²) in [6.45, 7) is 0. The van der Waals surface area contributed by atoms with Crippen LogP contribution in [-0.2, 0) is 0 Å². The average molecular weight is 233 g/mol. The van der Waals surface area contributed by atoms with Crippen LogP contribution in [0.2, 0.25) is 0 Å². The molecule has 0 bridgehead atoms. The molecule has 2 aromatic carbocycles. The lowest BCUT2D eigenvalue weighted by Gasteiger charge is -1.97. The predicted octanol–water partition coefficient (Wildman–Crippen LogP) is 2.38. The second-order valence-corrected chi connectivity index (χ2v) is 3.29. The van der Waals surface area contributed by atoms with E-state index in [4.69, 9.17) is 20.7 Å². The van der Waals surface area contributed by atoms with E-state index < -0.39 is 0 Å². The highest BCUT2D eigenvalue weighted by molar-refractivity contribution is 5.41. The lowest BCUT2D eigenvalue weighted by molar-refractivity contribution is 0.415. The lowest BCUT2D eigenvalue weighted by Crippen LogP contribution is -1.84. The molecule has 90 valence electrons. The van der Waals surface area contributed by atoms with Crippen molar-refractivity contribution in [3.8, 4) is 17.2 Å². The van der Waals surface area contributed by atoms with Gasteiger partial charge in [0.2, 0.25) is 0 Å². The average Bonchev–Trinajstić information content (AvgIpc) is 2.30. The number of methoxy groups -OCH3 is 1. The van der Waals surface area contributed by atoms with E-state index in [1.165, 1.54) is 18.2 Å². The Morgan fingerprint density at radius 1 is 0.941 bits per heavy atom. The molecule has 17 heavy (non-hydrogen) atoms. The number of nitrogen functional groups attached to an aromatic ring is 1. The summed E-state index contributed by atoms with van der Waals surface area (Å²) in [5.41, 5.74) is 6.19. The molecule has 2 aromatic rings. The van der Waals surface area contributed by atoms with Crippen LogP contribution in [0.25, 0.3) is 0 Å². The lowest BCUT2D eigenvalue weighted by atomic mass is 10.3. The Bertz CT molecular complexity index is 437. The van der Waals surface area contributed by atoms with Crippen molar-refractivity contribution in [2.75, 3.05) is 12.8 Å². The van der Waals surface area contributed by atoms with Gasteiger partial charge in [0.25, 0.3) is 0 Å².